The van der Waals surface area contributed by atoms with Gasteiger partial charge in [-0.1, -0.05) is 0 Å². The van der Waals surface area contributed by atoms with E-state index >= 15 is 0 Å². The molecule has 62 valence electrons. The number of nitriles is 1. The highest BCUT2D eigenvalue weighted by atomic mass is 16.7. The van der Waals surface area contributed by atoms with Gasteiger partial charge in [-0.2, -0.15) is 5.26 Å². The summed E-state index contributed by atoms with van der Waals surface area (Å²) in [6.07, 6.45) is 1.44. The average molecular weight is 155 g/mol. The lowest BCUT2D eigenvalue weighted by Crippen LogP contribution is -2.21. The van der Waals surface area contributed by atoms with Crippen molar-refractivity contribution in [1.82, 2.24) is 0 Å². The maximum atomic E-state index is 8.31. The summed E-state index contributed by atoms with van der Waals surface area (Å²) in [6.45, 7) is 4.40. The molecule has 1 aliphatic heterocycles. The maximum Gasteiger partial charge on any atom is 0.163 e. The Labute approximate surface area is 66.9 Å². The molecule has 1 saturated heterocycles. The van der Waals surface area contributed by atoms with E-state index in [-0.39, 0.29) is 6.10 Å². The van der Waals surface area contributed by atoms with Crippen molar-refractivity contribution < 1.29 is 9.47 Å². The van der Waals surface area contributed by atoms with Crippen LogP contribution in [-0.4, -0.2) is 18.5 Å². The molecule has 0 saturated carbocycles. The van der Waals surface area contributed by atoms with E-state index in [9.17, 15) is 0 Å². The lowest BCUT2D eigenvalue weighted by atomic mass is 10.2. The van der Waals surface area contributed by atoms with E-state index in [1.165, 1.54) is 0 Å². The van der Waals surface area contributed by atoms with Gasteiger partial charge in [0, 0.05) is 6.42 Å². The lowest BCUT2D eigenvalue weighted by Gasteiger charge is -2.16. The SMILES string of the molecule is CC1(C)OCC(CCC#N)O1. The Morgan fingerprint density at radius 2 is 2.36 bits per heavy atom. The minimum Gasteiger partial charge on any atom is -0.348 e. The third-order valence-electron chi connectivity index (χ3n) is 1.65. The molecule has 0 spiro atoms. The molecular weight excluding hydrogens is 142 g/mol. The van der Waals surface area contributed by atoms with Gasteiger partial charge in [0.2, 0.25) is 0 Å². The first-order valence-electron chi connectivity index (χ1n) is 3.83. The van der Waals surface area contributed by atoms with Crippen LogP contribution in [-0.2, 0) is 9.47 Å². The summed E-state index contributed by atoms with van der Waals surface area (Å²) in [6, 6.07) is 2.09. The van der Waals surface area contributed by atoms with Crippen molar-refractivity contribution in [3.63, 3.8) is 0 Å². The predicted octanol–water partition coefficient (Wildman–Crippen LogP) is 1.44. The first-order valence-corrected chi connectivity index (χ1v) is 3.83. The minimum atomic E-state index is -0.444. The van der Waals surface area contributed by atoms with Crippen molar-refractivity contribution in [2.24, 2.45) is 0 Å². The normalized spacial score (nSPS) is 28.3. The van der Waals surface area contributed by atoms with Crippen LogP contribution in [0.4, 0.5) is 0 Å². The lowest BCUT2D eigenvalue weighted by molar-refractivity contribution is -0.138. The van der Waals surface area contributed by atoms with Gasteiger partial charge in [-0.25, -0.2) is 0 Å². The molecule has 0 bridgehead atoms. The number of rotatable bonds is 2. The minimum absolute atomic E-state index is 0.115. The molecule has 0 aliphatic carbocycles. The average Bonchev–Trinajstić information content (AvgIpc) is 2.26. The molecule has 3 nitrogen and oxygen atoms in total. The van der Waals surface area contributed by atoms with Crippen LogP contribution in [0.15, 0.2) is 0 Å². The smallest absolute Gasteiger partial charge is 0.163 e. The number of hydrogen-bond donors (Lipinski definition) is 0. The van der Waals surface area contributed by atoms with Gasteiger partial charge in [0.1, 0.15) is 0 Å². The van der Waals surface area contributed by atoms with Crippen molar-refractivity contribution in [2.75, 3.05) is 6.61 Å². The van der Waals surface area contributed by atoms with E-state index in [1.807, 2.05) is 13.8 Å². The first-order chi connectivity index (χ1) is 5.14. The first kappa shape index (κ1) is 8.51. The molecule has 0 aromatic heterocycles. The van der Waals surface area contributed by atoms with Crippen LogP contribution in [0.5, 0.6) is 0 Å². The van der Waals surface area contributed by atoms with E-state index in [1.54, 1.807) is 0 Å². The summed E-state index contributed by atoms with van der Waals surface area (Å²) in [7, 11) is 0. The highest BCUT2D eigenvalue weighted by molar-refractivity contribution is 4.76. The zero-order valence-corrected chi connectivity index (χ0v) is 6.96. The molecular formula is C8H13NO2. The Morgan fingerprint density at radius 1 is 1.64 bits per heavy atom. The van der Waals surface area contributed by atoms with E-state index in [2.05, 4.69) is 6.07 Å². The molecule has 3 heteroatoms. The largest absolute Gasteiger partial charge is 0.348 e. The van der Waals surface area contributed by atoms with Crippen LogP contribution in [0, 0.1) is 11.3 Å². The summed E-state index contributed by atoms with van der Waals surface area (Å²) >= 11 is 0. The molecule has 1 heterocycles. The monoisotopic (exact) mass is 155 g/mol. The molecule has 1 unspecified atom stereocenters. The number of hydrogen-bond acceptors (Lipinski definition) is 3. The van der Waals surface area contributed by atoms with Crippen molar-refractivity contribution in [3.05, 3.63) is 0 Å². The molecule has 0 aromatic rings. The molecule has 1 rings (SSSR count). The molecule has 1 fully saturated rings. The fourth-order valence-corrected chi connectivity index (χ4v) is 1.13. The van der Waals surface area contributed by atoms with E-state index < -0.39 is 5.79 Å². The summed E-state index contributed by atoms with van der Waals surface area (Å²) in [5.74, 6) is -0.444. The second-order valence-corrected chi connectivity index (χ2v) is 3.15. The number of nitrogens with zero attached hydrogens (tertiary/aromatic N) is 1. The molecule has 11 heavy (non-hydrogen) atoms. The second-order valence-electron chi connectivity index (χ2n) is 3.15. The summed E-state index contributed by atoms with van der Waals surface area (Å²) in [5, 5.41) is 8.31. The van der Waals surface area contributed by atoms with Crippen molar-refractivity contribution in [3.8, 4) is 6.07 Å². The Hall–Kier alpha value is -0.590. The molecule has 0 N–H and O–H groups in total. The van der Waals surface area contributed by atoms with Crippen LogP contribution < -0.4 is 0 Å². The van der Waals surface area contributed by atoms with E-state index in [0.717, 1.165) is 6.42 Å². The highest BCUT2D eigenvalue weighted by Gasteiger charge is 2.31. The topological polar surface area (TPSA) is 42.2 Å². The zero-order valence-electron chi connectivity index (χ0n) is 6.96. The zero-order chi connectivity index (χ0) is 8.32. The molecule has 1 atom stereocenters. The summed E-state index contributed by atoms with van der Waals surface area (Å²) in [4.78, 5) is 0. The molecule has 0 aromatic carbocycles. The van der Waals surface area contributed by atoms with Crippen LogP contribution in [0.3, 0.4) is 0 Å². The summed E-state index contributed by atoms with van der Waals surface area (Å²) < 4.78 is 10.8. The van der Waals surface area contributed by atoms with Crippen molar-refractivity contribution in [1.29, 1.82) is 5.26 Å². The Bertz CT molecular complexity index is 171. The van der Waals surface area contributed by atoms with Crippen LogP contribution in [0.25, 0.3) is 0 Å². The Balaban J connectivity index is 2.26. The Kier molecular flexibility index (Phi) is 2.48. The highest BCUT2D eigenvalue weighted by Crippen LogP contribution is 2.24. The fourth-order valence-electron chi connectivity index (χ4n) is 1.13. The Morgan fingerprint density at radius 3 is 2.82 bits per heavy atom. The van der Waals surface area contributed by atoms with Crippen LogP contribution >= 0.6 is 0 Å². The second kappa shape index (κ2) is 3.21. The van der Waals surface area contributed by atoms with Gasteiger partial charge < -0.3 is 9.47 Å². The molecule has 1 aliphatic rings. The van der Waals surface area contributed by atoms with E-state index in [0.29, 0.717) is 13.0 Å². The molecule has 0 amide bonds. The quantitative estimate of drug-likeness (QED) is 0.606. The van der Waals surface area contributed by atoms with Crippen LogP contribution in [0.2, 0.25) is 0 Å². The van der Waals surface area contributed by atoms with Crippen molar-refractivity contribution in [2.45, 2.75) is 38.6 Å². The molecule has 0 radical (unpaired) electrons. The maximum absolute atomic E-state index is 8.31. The fraction of sp³-hybridized carbons (Fsp3) is 0.875. The third-order valence-corrected chi connectivity index (χ3v) is 1.65. The standard InChI is InChI=1S/C8H13NO2/c1-8(2)10-6-7(11-8)4-3-5-9/h7H,3-4,6H2,1-2H3. The van der Waals surface area contributed by atoms with Crippen molar-refractivity contribution >= 4 is 0 Å². The van der Waals surface area contributed by atoms with Gasteiger partial charge in [0.15, 0.2) is 5.79 Å². The van der Waals surface area contributed by atoms with E-state index in [4.69, 9.17) is 14.7 Å². The number of ether oxygens (including phenoxy) is 2. The third kappa shape index (κ3) is 2.49. The van der Waals surface area contributed by atoms with Gasteiger partial charge in [-0.3, -0.25) is 0 Å². The van der Waals surface area contributed by atoms with Gasteiger partial charge in [0.25, 0.3) is 0 Å². The van der Waals surface area contributed by atoms with Gasteiger partial charge in [-0.05, 0) is 20.3 Å². The van der Waals surface area contributed by atoms with Crippen LogP contribution in [0.1, 0.15) is 26.7 Å². The van der Waals surface area contributed by atoms with Gasteiger partial charge in [0.05, 0.1) is 18.8 Å². The van der Waals surface area contributed by atoms with Gasteiger partial charge in [-0.15, -0.1) is 0 Å². The van der Waals surface area contributed by atoms with Gasteiger partial charge >= 0.3 is 0 Å². The predicted molar refractivity (Wildman–Crippen MR) is 39.8 cm³/mol. The summed E-state index contributed by atoms with van der Waals surface area (Å²) in [5.41, 5.74) is 0.